The van der Waals surface area contributed by atoms with Crippen LogP contribution in [-0.2, 0) is 11.2 Å². The molecule has 0 aromatic heterocycles. The molecule has 4 heteroatoms. The van der Waals surface area contributed by atoms with Crippen LogP contribution in [-0.4, -0.2) is 29.4 Å². The van der Waals surface area contributed by atoms with Gasteiger partial charge in [-0.1, -0.05) is 31.2 Å². The van der Waals surface area contributed by atoms with Gasteiger partial charge in [-0.2, -0.15) is 0 Å². The van der Waals surface area contributed by atoms with Crippen LogP contribution in [0.15, 0.2) is 30.3 Å². The lowest BCUT2D eigenvalue weighted by Gasteiger charge is -2.38. The average molecular weight is 335 g/mol. The van der Waals surface area contributed by atoms with Crippen LogP contribution in [0.25, 0.3) is 5.70 Å². The van der Waals surface area contributed by atoms with Gasteiger partial charge in [0.2, 0.25) is 5.91 Å². The number of rotatable bonds is 2. The Hall–Kier alpha value is -1.48. The molecule has 1 aromatic rings. The monoisotopic (exact) mass is 334 g/mol. The van der Waals surface area contributed by atoms with Crippen molar-refractivity contribution in [1.82, 2.24) is 10.2 Å². The van der Waals surface area contributed by atoms with E-state index in [4.69, 9.17) is 0 Å². The minimum atomic E-state index is 0. The molecular weight excluding hydrogens is 308 g/mol. The molecule has 1 atom stereocenters. The number of benzene rings is 1. The van der Waals surface area contributed by atoms with Crippen LogP contribution in [0.5, 0.6) is 0 Å². The molecule has 2 aliphatic heterocycles. The fourth-order valence-corrected chi connectivity index (χ4v) is 3.45. The zero-order valence-electron chi connectivity index (χ0n) is 14.1. The van der Waals surface area contributed by atoms with Crippen molar-refractivity contribution in [2.24, 2.45) is 0 Å². The highest BCUT2D eigenvalue weighted by Crippen LogP contribution is 2.31. The molecule has 1 N–H and O–H groups in total. The van der Waals surface area contributed by atoms with E-state index in [1.54, 1.807) is 0 Å². The van der Waals surface area contributed by atoms with Gasteiger partial charge >= 0.3 is 0 Å². The number of hydrogen-bond acceptors (Lipinski definition) is 2. The van der Waals surface area contributed by atoms with E-state index < -0.39 is 0 Å². The van der Waals surface area contributed by atoms with Crippen LogP contribution < -0.4 is 5.32 Å². The van der Waals surface area contributed by atoms with E-state index in [1.807, 2.05) is 17.0 Å². The van der Waals surface area contributed by atoms with Gasteiger partial charge in [0.15, 0.2) is 0 Å². The Balaban J connectivity index is 0.00000192. The maximum Gasteiger partial charge on any atom is 0.248 e. The van der Waals surface area contributed by atoms with Gasteiger partial charge in [-0.05, 0) is 44.6 Å². The van der Waals surface area contributed by atoms with Gasteiger partial charge in [-0.3, -0.25) is 4.79 Å². The van der Waals surface area contributed by atoms with E-state index >= 15 is 0 Å². The fourth-order valence-electron chi connectivity index (χ4n) is 3.45. The Labute approximate surface area is 145 Å². The van der Waals surface area contributed by atoms with Gasteiger partial charge in [-0.15, -0.1) is 12.4 Å². The summed E-state index contributed by atoms with van der Waals surface area (Å²) in [5.41, 5.74) is 3.53. The largest absolute Gasteiger partial charge is 0.379 e. The highest BCUT2D eigenvalue weighted by atomic mass is 35.5. The van der Waals surface area contributed by atoms with Crippen molar-refractivity contribution in [3.8, 4) is 0 Å². The van der Waals surface area contributed by atoms with Crippen LogP contribution in [0.2, 0.25) is 0 Å². The van der Waals surface area contributed by atoms with Crippen molar-refractivity contribution in [2.75, 3.05) is 13.1 Å². The summed E-state index contributed by atoms with van der Waals surface area (Å²) in [6.07, 6.45) is 7.37. The van der Waals surface area contributed by atoms with Gasteiger partial charge in [0.05, 0.1) is 0 Å². The standard InChI is InChI=1S/C19H26N2O.ClH/c1-3-19(2)14-15-9-5-6-10-16(15)17(20-19)13-18(22)21-11-7-4-8-12-21;/h5-6,9-10,13,20H,3-4,7-8,11-12,14H2,1-2H3;1H/b17-13-;. The molecule has 2 heterocycles. The molecule has 2 aliphatic rings. The molecule has 1 fully saturated rings. The second kappa shape index (κ2) is 7.39. The van der Waals surface area contributed by atoms with Crippen molar-refractivity contribution in [3.05, 3.63) is 41.5 Å². The molecule has 3 rings (SSSR count). The van der Waals surface area contributed by atoms with Crippen molar-refractivity contribution in [3.63, 3.8) is 0 Å². The van der Waals surface area contributed by atoms with Gasteiger partial charge in [0.25, 0.3) is 0 Å². The second-order valence-electron chi connectivity index (χ2n) is 6.82. The molecule has 0 spiro atoms. The summed E-state index contributed by atoms with van der Waals surface area (Å²) in [6.45, 7) is 6.23. The third-order valence-electron chi connectivity index (χ3n) is 5.04. The van der Waals surface area contributed by atoms with Crippen LogP contribution in [0.1, 0.15) is 50.7 Å². The molecule has 1 unspecified atom stereocenters. The molecule has 1 saturated heterocycles. The zero-order valence-corrected chi connectivity index (χ0v) is 14.9. The highest BCUT2D eigenvalue weighted by Gasteiger charge is 2.30. The quantitative estimate of drug-likeness (QED) is 0.835. The summed E-state index contributed by atoms with van der Waals surface area (Å²) in [5.74, 6) is 0.150. The Bertz CT molecular complexity index is 593. The number of carbonyl (C=O) groups is 1. The Morgan fingerprint density at radius 1 is 1.26 bits per heavy atom. The zero-order chi connectivity index (χ0) is 15.6. The lowest BCUT2D eigenvalue weighted by atomic mass is 9.83. The van der Waals surface area contributed by atoms with Crippen LogP contribution in [0, 0.1) is 0 Å². The van der Waals surface area contributed by atoms with E-state index in [0.29, 0.717) is 0 Å². The van der Waals surface area contributed by atoms with Gasteiger partial charge in [0.1, 0.15) is 0 Å². The first-order valence-corrected chi connectivity index (χ1v) is 8.48. The van der Waals surface area contributed by atoms with Gasteiger partial charge < -0.3 is 10.2 Å². The van der Waals surface area contributed by atoms with E-state index in [0.717, 1.165) is 44.5 Å². The molecule has 23 heavy (non-hydrogen) atoms. The van der Waals surface area contributed by atoms with Crippen LogP contribution in [0.3, 0.4) is 0 Å². The number of likely N-dealkylation sites (tertiary alicyclic amines) is 1. The number of piperidine rings is 1. The minimum absolute atomic E-state index is 0. The first kappa shape index (κ1) is 17.9. The van der Waals surface area contributed by atoms with Crippen LogP contribution >= 0.6 is 12.4 Å². The summed E-state index contributed by atoms with van der Waals surface area (Å²) in [7, 11) is 0. The number of nitrogens with zero attached hydrogens (tertiary/aromatic N) is 1. The summed E-state index contributed by atoms with van der Waals surface area (Å²) in [5, 5.41) is 3.62. The predicted molar refractivity (Wildman–Crippen MR) is 97.6 cm³/mol. The summed E-state index contributed by atoms with van der Waals surface area (Å²) in [6, 6.07) is 8.44. The first-order chi connectivity index (χ1) is 10.6. The van der Waals surface area contributed by atoms with Crippen molar-refractivity contribution in [1.29, 1.82) is 0 Å². The van der Waals surface area contributed by atoms with Gasteiger partial charge in [-0.25, -0.2) is 0 Å². The molecule has 0 saturated carbocycles. The Kier molecular flexibility index (Phi) is 5.74. The topological polar surface area (TPSA) is 32.3 Å². The normalized spacial score (nSPS) is 25.3. The molecule has 1 aromatic carbocycles. The molecule has 126 valence electrons. The van der Waals surface area contributed by atoms with E-state index in [2.05, 4.69) is 37.4 Å². The molecule has 0 bridgehead atoms. The number of fused-ring (bicyclic) bond motifs is 1. The molecule has 0 aliphatic carbocycles. The smallest absolute Gasteiger partial charge is 0.248 e. The minimum Gasteiger partial charge on any atom is -0.379 e. The van der Waals surface area contributed by atoms with E-state index in [1.165, 1.54) is 17.5 Å². The lowest BCUT2D eigenvalue weighted by molar-refractivity contribution is -0.126. The third-order valence-corrected chi connectivity index (χ3v) is 5.04. The molecule has 3 nitrogen and oxygen atoms in total. The SMILES string of the molecule is CCC1(C)Cc2ccccc2/C(=C/C(=O)N2CCCCC2)N1.Cl. The number of amides is 1. The molecule has 1 amide bonds. The predicted octanol–water partition coefficient (Wildman–Crippen LogP) is 3.78. The maximum atomic E-state index is 12.6. The second-order valence-corrected chi connectivity index (χ2v) is 6.82. The number of nitrogens with one attached hydrogen (secondary N) is 1. The summed E-state index contributed by atoms with van der Waals surface area (Å²) < 4.78 is 0. The van der Waals surface area contributed by atoms with Crippen molar-refractivity contribution in [2.45, 2.75) is 51.5 Å². The van der Waals surface area contributed by atoms with Crippen LogP contribution in [0.4, 0.5) is 0 Å². The van der Waals surface area contributed by atoms with E-state index in [9.17, 15) is 4.79 Å². The highest BCUT2D eigenvalue weighted by molar-refractivity contribution is 5.95. The van der Waals surface area contributed by atoms with E-state index in [-0.39, 0.29) is 23.9 Å². The lowest BCUT2D eigenvalue weighted by Crippen LogP contribution is -2.46. The van der Waals surface area contributed by atoms with Crippen molar-refractivity contribution >= 4 is 24.0 Å². The number of halogens is 1. The Morgan fingerprint density at radius 3 is 2.65 bits per heavy atom. The summed E-state index contributed by atoms with van der Waals surface area (Å²) in [4.78, 5) is 14.6. The molecular formula is C19H27ClN2O. The Morgan fingerprint density at radius 2 is 1.96 bits per heavy atom. The first-order valence-electron chi connectivity index (χ1n) is 8.48. The average Bonchev–Trinajstić information content (AvgIpc) is 2.55. The van der Waals surface area contributed by atoms with Crippen molar-refractivity contribution < 1.29 is 4.79 Å². The maximum absolute atomic E-state index is 12.6. The fraction of sp³-hybridized carbons (Fsp3) is 0.526. The number of hydrogen-bond donors (Lipinski definition) is 1. The number of carbonyl (C=O) groups excluding carboxylic acids is 1. The molecule has 0 radical (unpaired) electrons. The summed E-state index contributed by atoms with van der Waals surface area (Å²) >= 11 is 0. The van der Waals surface area contributed by atoms with Gasteiger partial charge in [0, 0.05) is 36.0 Å². The third kappa shape index (κ3) is 3.89.